The summed E-state index contributed by atoms with van der Waals surface area (Å²) in [5, 5.41) is 3.77. The maximum absolute atomic E-state index is 12.5. The van der Waals surface area contributed by atoms with Crippen LogP contribution in [-0.2, 0) is 0 Å². The van der Waals surface area contributed by atoms with Gasteiger partial charge in [-0.1, -0.05) is 67.4 Å². The van der Waals surface area contributed by atoms with Crippen molar-refractivity contribution < 1.29 is 14.3 Å². The van der Waals surface area contributed by atoms with Crippen LogP contribution in [0.3, 0.4) is 0 Å². The molecule has 4 nitrogen and oxygen atoms in total. The summed E-state index contributed by atoms with van der Waals surface area (Å²) < 4.78 is 10.8. The van der Waals surface area contributed by atoms with Crippen molar-refractivity contribution in [3.63, 3.8) is 0 Å². The van der Waals surface area contributed by atoms with Crippen LogP contribution in [0.25, 0.3) is 0 Å². The van der Waals surface area contributed by atoms with Gasteiger partial charge in [0, 0.05) is 11.3 Å². The molecule has 2 aromatic carbocycles. The average molecular weight is 445 g/mol. The van der Waals surface area contributed by atoms with Crippen molar-refractivity contribution in [2.45, 2.75) is 39.0 Å². The first-order valence-electron chi connectivity index (χ1n) is 9.23. The van der Waals surface area contributed by atoms with E-state index in [0.717, 1.165) is 12.8 Å². The Labute approximate surface area is 181 Å². The summed E-state index contributed by atoms with van der Waals surface area (Å²) in [4.78, 5) is 12.5. The smallest absolute Gasteiger partial charge is 0.255 e. The highest BCUT2D eigenvalue weighted by atomic mass is 35.5. The Morgan fingerprint density at radius 1 is 0.964 bits per heavy atom. The molecule has 0 atom stereocenters. The van der Waals surface area contributed by atoms with E-state index in [-0.39, 0.29) is 5.91 Å². The predicted molar refractivity (Wildman–Crippen MR) is 117 cm³/mol. The lowest BCUT2D eigenvalue weighted by Crippen LogP contribution is -2.12. The Hall–Kier alpha value is -1.62. The van der Waals surface area contributed by atoms with Gasteiger partial charge in [0.2, 0.25) is 0 Å². The van der Waals surface area contributed by atoms with Crippen LogP contribution in [0, 0.1) is 0 Å². The van der Waals surface area contributed by atoms with E-state index in [4.69, 9.17) is 44.3 Å². The number of anilines is 1. The van der Waals surface area contributed by atoms with Crippen molar-refractivity contribution in [3.8, 4) is 11.5 Å². The van der Waals surface area contributed by atoms with E-state index >= 15 is 0 Å². The van der Waals surface area contributed by atoms with Gasteiger partial charge in [-0.2, -0.15) is 0 Å². The first-order chi connectivity index (χ1) is 13.5. The summed E-state index contributed by atoms with van der Waals surface area (Å²) in [6.07, 6.45) is 5.66. The first kappa shape index (κ1) is 22.7. The highest BCUT2D eigenvalue weighted by molar-refractivity contribution is 6.38. The molecule has 1 amide bonds. The van der Waals surface area contributed by atoms with Gasteiger partial charge in [0.05, 0.1) is 28.8 Å². The molecule has 28 heavy (non-hydrogen) atoms. The second kappa shape index (κ2) is 11.4. The molecular weight excluding hydrogens is 421 g/mol. The minimum atomic E-state index is -0.351. The molecule has 0 unspecified atom stereocenters. The Morgan fingerprint density at radius 3 is 2.25 bits per heavy atom. The lowest BCUT2D eigenvalue weighted by Gasteiger charge is -2.12. The van der Waals surface area contributed by atoms with Crippen molar-refractivity contribution in [1.29, 1.82) is 0 Å². The summed E-state index contributed by atoms with van der Waals surface area (Å²) in [5.41, 5.74) is 0.868. The molecule has 0 radical (unpaired) electrons. The minimum Gasteiger partial charge on any atom is -0.495 e. The van der Waals surface area contributed by atoms with Gasteiger partial charge < -0.3 is 14.8 Å². The highest BCUT2D eigenvalue weighted by Gasteiger charge is 2.15. The number of ether oxygens (including phenoxy) is 2. The lowest BCUT2D eigenvalue weighted by atomic mass is 10.1. The third-order valence-corrected chi connectivity index (χ3v) is 5.02. The van der Waals surface area contributed by atoms with E-state index in [2.05, 4.69) is 12.2 Å². The van der Waals surface area contributed by atoms with Crippen LogP contribution in [0.2, 0.25) is 15.1 Å². The number of benzene rings is 2. The number of amides is 1. The van der Waals surface area contributed by atoms with E-state index in [0.29, 0.717) is 44.4 Å². The van der Waals surface area contributed by atoms with Crippen LogP contribution >= 0.6 is 34.8 Å². The molecule has 7 heteroatoms. The Kier molecular flexibility index (Phi) is 9.23. The van der Waals surface area contributed by atoms with Gasteiger partial charge in [0.1, 0.15) is 5.75 Å². The maximum atomic E-state index is 12.5. The number of carbonyl (C=O) groups is 1. The van der Waals surface area contributed by atoms with Gasteiger partial charge in [-0.15, -0.1) is 0 Å². The second-order valence-electron chi connectivity index (χ2n) is 6.34. The van der Waals surface area contributed by atoms with Gasteiger partial charge >= 0.3 is 0 Å². The van der Waals surface area contributed by atoms with Crippen molar-refractivity contribution >= 4 is 46.4 Å². The molecule has 2 rings (SSSR count). The number of methoxy groups -OCH3 is 1. The molecule has 0 fully saturated rings. The summed E-state index contributed by atoms with van der Waals surface area (Å²) in [7, 11) is 1.53. The van der Waals surface area contributed by atoms with Gasteiger partial charge in [-0.05, 0) is 36.8 Å². The Bertz CT molecular complexity index is 788. The molecule has 0 spiro atoms. The topological polar surface area (TPSA) is 47.6 Å². The average Bonchev–Trinajstić information content (AvgIpc) is 2.66. The Balaban J connectivity index is 2.00. The number of hydrogen-bond acceptors (Lipinski definition) is 3. The summed E-state index contributed by atoms with van der Waals surface area (Å²) in [6, 6.07) is 8.06. The zero-order chi connectivity index (χ0) is 20.5. The number of halogens is 3. The fourth-order valence-corrected chi connectivity index (χ4v) is 3.51. The molecule has 0 saturated heterocycles. The zero-order valence-corrected chi connectivity index (χ0v) is 18.3. The van der Waals surface area contributed by atoms with Crippen molar-refractivity contribution in [2.24, 2.45) is 0 Å². The number of rotatable bonds is 10. The van der Waals surface area contributed by atoms with Crippen molar-refractivity contribution in [3.05, 3.63) is 51.0 Å². The third-order valence-electron chi connectivity index (χ3n) is 4.16. The standard InChI is InChI=1S/C21H24Cl3NO3/c1-3-4-5-6-7-10-28-20-17(23)11-14(12-18(20)24)21(26)25-15-8-9-19(27-2)16(22)13-15/h8-9,11-13H,3-7,10H2,1-2H3,(H,25,26). The van der Waals surface area contributed by atoms with Gasteiger partial charge in [-0.25, -0.2) is 0 Å². The van der Waals surface area contributed by atoms with E-state index in [1.165, 1.54) is 26.4 Å². The molecule has 0 bridgehead atoms. The summed E-state index contributed by atoms with van der Waals surface area (Å²) in [5.74, 6) is 0.584. The zero-order valence-electron chi connectivity index (χ0n) is 16.0. The van der Waals surface area contributed by atoms with Crippen molar-refractivity contribution in [1.82, 2.24) is 0 Å². The molecule has 0 aliphatic carbocycles. The largest absolute Gasteiger partial charge is 0.495 e. The van der Waals surface area contributed by atoms with Gasteiger partial charge in [0.25, 0.3) is 5.91 Å². The second-order valence-corrected chi connectivity index (χ2v) is 7.56. The molecule has 0 heterocycles. The van der Waals surface area contributed by atoms with Crippen LogP contribution in [0.5, 0.6) is 11.5 Å². The number of carbonyl (C=O) groups excluding carboxylic acids is 1. The number of nitrogens with one attached hydrogen (secondary N) is 1. The van der Waals surface area contributed by atoms with E-state index < -0.39 is 0 Å². The monoisotopic (exact) mass is 443 g/mol. The van der Waals surface area contributed by atoms with Crippen LogP contribution in [0.1, 0.15) is 49.4 Å². The lowest BCUT2D eigenvalue weighted by molar-refractivity contribution is 0.102. The third kappa shape index (κ3) is 6.47. The quantitative estimate of drug-likeness (QED) is 0.392. The SMILES string of the molecule is CCCCCCCOc1c(Cl)cc(C(=O)Nc2ccc(OC)c(Cl)c2)cc1Cl. The molecule has 152 valence electrons. The fraction of sp³-hybridized carbons (Fsp3) is 0.381. The van der Waals surface area contributed by atoms with Crippen LogP contribution in [-0.4, -0.2) is 19.6 Å². The molecular formula is C21H24Cl3NO3. The molecule has 2 aromatic rings. The van der Waals surface area contributed by atoms with E-state index in [1.54, 1.807) is 30.3 Å². The van der Waals surface area contributed by atoms with Crippen molar-refractivity contribution in [2.75, 3.05) is 19.0 Å². The fourth-order valence-electron chi connectivity index (χ4n) is 2.66. The molecule has 1 N–H and O–H groups in total. The number of hydrogen-bond donors (Lipinski definition) is 1. The van der Waals surface area contributed by atoms with Crippen LogP contribution in [0.4, 0.5) is 5.69 Å². The molecule has 0 aliphatic heterocycles. The number of unbranched alkanes of at least 4 members (excludes halogenated alkanes) is 4. The van der Waals surface area contributed by atoms with Crippen LogP contribution in [0.15, 0.2) is 30.3 Å². The minimum absolute atomic E-state index is 0.305. The molecule has 0 aliphatic rings. The normalized spacial score (nSPS) is 10.6. The van der Waals surface area contributed by atoms with E-state index in [9.17, 15) is 4.79 Å². The Morgan fingerprint density at radius 2 is 1.64 bits per heavy atom. The summed E-state index contributed by atoms with van der Waals surface area (Å²) in [6.45, 7) is 2.72. The van der Waals surface area contributed by atoms with Gasteiger partial charge in [0.15, 0.2) is 5.75 Å². The van der Waals surface area contributed by atoms with E-state index in [1.807, 2.05) is 0 Å². The van der Waals surface area contributed by atoms with Gasteiger partial charge in [-0.3, -0.25) is 4.79 Å². The first-order valence-corrected chi connectivity index (χ1v) is 10.4. The summed E-state index contributed by atoms with van der Waals surface area (Å²) >= 11 is 18.6. The maximum Gasteiger partial charge on any atom is 0.255 e. The van der Waals surface area contributed by atoms with Crippen LogP contribution < -0.4 is 14.8 Å². The molecule has 0 aromatic heterocycles. The molecule has 0 saturated carbocycles. The predicted octanol–water partition coefficient (Wildman–Crippen LogP) is 7.26. The highest BCUT2D eigenvalue weighted by Crippen LogP contribution is 2.35.